The molecular weight excluding hydrogens is 248 g/mol. The van der Waals surface area contributed by atoms with Crippen LogP contribution in [0.5, 0.6) is 0 Å². The first-order valence-electron chi connectivity index (χ1n) is 6.34. The fourth-order valence-corrected chi connectivity index (χ4v) is 1.26. The van der Waals surface area contributed by atoms with Crippen LogP contribution in [0.15, 0.2) is 6.33 Å². The molecule has 0 atom stereocenters. The minimum Gasteiger partial charge on any atom is -0.442 e. The largest absolute Gasteiger partial charge is 0.442 e. The van der Waals surface area contributed by atoms with Crippen LogP contribution in [0.25, 0.3) is 0 Å². The minimum absolute atomic E-state index is 0.512. The van der Waals surface area contributed by atoms with E-state index in [1.165, 1.54) is 6.33 Å². The molecule has 0 fully saturated rings. The Morgan fingerprint density at radius 1 is 1.42 bits per heavy atom. The second kappa shape index (κ2) is 7.20. The first-order valence-corrected chi connectivity index (χ1v) is 6.34. The molecular formula is C12H22N4O3. The van der Waals surface area contributed by atoms with Crippen molar-refractivity contribution in [2.24, 2.45) is 5.73 Å². The summed E-state index contributed by atoms with van der Waals surface area (Å²) in [5, 5.41) is 4.04. The van der Waals surface area contributed by atoms with Crippen LogP contribution in [0.3, 0.4) is 0 Å². The number of carbonyl (C=O) groups excluding carboxylic acids is 1. The van der Waals surface area contributed by atoms with Crippen molar-refractivity contribution in [2.75, 3.05) is 19.8 Å². The third-order valence-electron chi connectivity index (χ3n) is 2.08. The Morgan fingerprint density at radius 3 is 2.79 bits per heavy atom. The van der Waals surface area contributed by atoms with E-state index in [4.69, 9.17) is 15.2 Å². The van der Waals surface area contributed by atoms with Gasteiger partial charge in [-0.3, -0.25) is 0 Å². The van der Waals surface area contributed by atoms with Crippen LogP contribution in [0.2, 0.25) is 0 Å². The third-order valence-corrected chi connectivity index (χ3v) is 2.08. The van der Waals surface area contributed by atoms with Crippen LogP contribution < -0.4 is 5.73 Å². The molecule has 19 heavy (non-hydrogen) atoms. The molecule has 7 heteroatoms. The topological polar surface area (TPSA) is 92.3 Å². The number of carbonyl (C=O) groups is 1. The monoisotopic (exact) mass is 270 g/mol. The maximum Gasteiger partial charge on any atom is 0.436 e. The van der Waals surface area contributed by atoms with E-state index in [0.29, 0.717) is 32.0 Å². The number of rotatable bonds is 6. The fraction of sp³-hybridized carbons (Fsp3) is 0.750. The molecule has 108 valence electrons. The van der Waals surface area contributed by atoms with Gasteiger partial charge in [0.2, 0.25) is 0 Å². The molecule has 0 saturated heterocycles. The van der Waals surface area contributed by atoms with Gasteiger partial charge in [0.05, 0.1) is 6.61 Å². The smallest absolute Gasteiger partial charge is 0.436 e. The fourth-order valence-electron chi connectivity index (χ4n) is 1.26. The lowest BCUT2D eigenvalue weighted by Gasteiger charge is -2.18. The first kappa shape index (κ1) is 15.6. The van der Waals surface area contributed by atoms with Gasteiger partial charge in [0.25, 0.3) is 0 Å². The Labute approximate surface area is 113 Å². The molecule has 1 aromatic rings. The lowest BCUT2D eigenvalue weighted by molar-refractivity contribution is 0.0513. The van der Waals surface area contributed by atoms with Gasteiger partial charge in [-0.05, 0) is 33.7 Å². The lowest BCUT2D eigenvalue weighted by atomic mass is 10.2. The first-order chi connectivity index (χ1) is 8.92. The number of aromatic nitrogens is 3. The second-order valence-electron chi connectivity index (χ2n) is 5.09. The Morgan fingerprint density at radius 2 is 2.16 bits per heavy atom. The van der Waals surface area contributed by atoms with Crippen LogP contribution in [0, 0.1) is 0 Å². The van der Waals surface area contributed by atoms with Crippen molar-refractivity contribution < 1.29 is 14.3 Å². The normalized spacial score (nSPS) is 11.6. The number of hydrogen-bond acceptors (Lipinski definition) is 6. The predicted molar refractivity (Wildman–Crippen MR) is 69.8 cm³/mol. The van der Waals surface area contributed by atoms with Gasteiger partial charge >= 0.3 is 6.09 Å². The summed E-state index contributed by atoms with van der Waals surface area (Å²) in [6, 6.07) is 0. The quantitative estimate of drug-likeness (QED) is 0.774. The van der Waals surface area contributed by atoms with Crippen molar-refractivity contribution >= 4 is 6.09 Å². The lowest BCUT2D eigenvalue weighted by Crippen LogP contribution is -2.27. The Kier molecular flexibility index (Phi) is 5.91. The molecule has 7 nitrogen and oxygen atoms in total. The summed E-state index contributed by atoms with van der Waals surface area (Å²) in [6.45, 7) is 7.16. The predicted octanol–water partition coefficient (Wildman–Crippen LogP) is 0.969. The zero-order valence-electron chi connectivity index (χ0n) is 11.8. The number of nitrogens with zero attached hydrogens (tertiary/aromatic N) is 3. The molecule has 0 radical (unpaired) electrons. The van der Waals surface area contributed by atoms with Crippen LogP contribution in [0.4, 0.5) is 4.79 Å². The van der Waals surface area contributed by atoms with Gasteiger partial charge in [0.15, 0.2) is 5.82 Å². The van der Waals surface area contributed by atoms with Crippen molar-refractivity contribution in [3.05, 3.63) is 12.2 Å². The molecule has 0 aliphatic carbocycles. The van der Waals surface area contributed by atoms with Crippen molar-refractivity contribution in [1.29, 1.82) is 0 Å². The van der Waals surface area contributed by atoms with Gasteiger partial charge in [0, 0.05) is 13.0 Å². The average molecular weight is 270 g/mol. The van der Waals surface area contributed by atoms with Crippen molar-refractivity contribution in [3.63, 3.8) is 0 Å². The Balaban J connectivity index is 2.37. The highest BCUT2D eigenvalue weighted by atomic mass is 16.6. The standard InChI is InChI=1S/C12H22N4O3/c1-12(2,3)19-11(17)16-9-14-10(15-16)5-8-18-7-4-6-13/h9H,4-8,13H2,1-3H3. The molecule has 0 spiro atoms. The van der Waals surface area contributed by atoms with Gasteiger partial charge in [-0.15, -0.1) is 5.10 Å². The maximum atomic E-state index is 11.7. The highest BCUT2D eigenvalue weighted by Gasteiger charge is 2.18. The molecule has 0 amide bonds. The second-order valence-corrected chi connectivity index (χ2v) is 5.09. The van der Waals surface area contributed by atoms with E-state index in [9.17, 15) is 4.79 Å². The summed E-state index contributed by atoms with van der Waals surface area (Å²) in [6.07, 6.45) is 2.21. The van der Waals surface area contributed by atoms with E-state index in [-0.39, 0.29) is 0 Å². The highest BCUT2D eigenvalue weighted by Crippen LogP contribution is 2.08. The average Bonchev–Trinajstić information content (AvgIpc) is 2.75. The summed E-state index contributed by atoms with van der Waals surface area (Å²) in [7, 11) is 0. The molecule has 0 aliphatic rings. The number of hydrogen-bond donors (Lipinski definition) is 1. The number of ether oxygens (including phenoxy) is 2. The SMILES string of the molecule is CC(C)(C)OC(=O)n1cnc(CCOCCCN)n1. The van der Waals surface area contributed by atoms with Crippen molar-refractivity contribution in [3.8, 4) is 0 Å². The summed E-state index contributed by atoms with van der Waals surface area (Å²) in [4.78, 5) is 15.7. The minimum atomic E-state index is -0.547. The molecule has 1 rings (SSSR count). The summed E-state index contributed by atoms with van der Waals surface area (Å²) < 4.78 is 11.6. The van der Waals surface area contributed by atoms with E-state index >= 15 is 0 Å². The summed E-state index contributed by atoms with van der Waals surface area (Å²) >= 11 is 0. The van der Waals surface area contributed by atoms with Gasteiger partial charge in [-0.1, -0.05) is 0 Å². The number of nitrogens with two attached hydrogens (primary N) is 1. The van der Waals surface area contributed by atoms with Gasteiger partial charge in [-0.2, -0.15) is 4.68 Å². The van der Waals surface area contributed by atoms with Gasteiger partial charge in [-0.25, -0.2) is 9.78 Å². The van der Waals surface area contributed by atoms with Crippen molar-refractivity contribution in [2.45, 2.75) is 39.2 Å². The highest BCUT2D eigenvalue weighted by molar-refractivity contribution is 5.69. The molecule has 1 aromatic heterocycles. The van der Waals surface area contributed by atoms with E-state index in [1.54, 1.807) is 20.8 Å². The zero-order valence-corrected chi connectivity index (χ0v) is 11.8. The van der Waals surface area contributed by atoms with E-state index in [1.807, 2.05) is 0 Å². The van der Waals surface area contributed by atoms with Gasteiger partial charge < -0.3 is 15.2 Å². The van der Waals surface area contributed by atoms with Crippen LogP contribution >= 0.6 is 0 Å². The van der Waals surface area contributed by atoms with E-state index in [0.717, 1.165) is 11.1 Å². The molecule has 0 unspecified atom stereocenters. The Hall–Kier alpha value is -1.47. The molecule has 2 N–H and O–H groups in total. The van der Waals surface area contributed by atoms with Crippen molar-refractivity contribution in [1.82, 2.24) is 14.8 Å². The molecule has 0 saturated carbocycles. The van der Waals surface area contributed by atoms with Crippen LogP contribution in [-0.2, 0) is 15.9 Å². The zero-order chi connectivity index (χ0) is 14.3. The van der Waals surface area contributed by atoms with Crippen LogP contribution in [-0.4, -0.2) is 46.2 Å². The third kappa shape index (κ3) is 6.30. The molecule has 0 aromatic carbocycles. The van der Waals surface area contributed by atoms with Crippen LogP contribution in [0.1, 0.15) is 33.0 Å². The molecule has 1 heterocycles. The van der Waals surface area contributed by atoms with Gasteiger partial charge in [0.1, 0.15) is 11.9 Å². The maximum absolute atomic E-state index is 11.7. The summed E-state index contributed by atoms with van der Waals surface area (Å²) in [5.41, 5.74) is 4.80. The summed E-state index contributed by atoms with van der Waals surface area (Å²) in [5.74, 6) is 0.554. The Bertz CT molecular complexity index is 398. The van der Waals surface area contributed by atoms with E-state index < -0.39 is 11.7 Å². The molecule has 0 aliphatic heterocycles. The van der Waals surface area contributed by atoms with E-state index in [2.05, 4.69) is 10.1 Å². The molecule has 0 bridgehead atoms.